The van der Waals surface area contributed by atoms with Crippen LogP contribution in [-0.4, -0.2) is 20.6 Å². The summed E-state index contributed by atoms with van der Waals surface area (Å²) < 4.78 is 2.05. The van der Waals surface area contributed by atoms with Gasteiger partial charge >= 0.3 is 11.7 Å². The SMILES string of the molecule is O=C(O)c1cn(Cc2ccc(Br)cc2)c(=O)[nH]c1=O. The fraction of sp³-hybridized carbons (Fsp3) is 0.0833. The number of aromatic carboxylic acids is 1. The Labute approximate surface area is 115 Å². The molecule has 0 aliphatic heterocycles. The van der Waals surface area contributed by atoms with Crippen molar-refractivity contribution in [1.82, 2.24) is 9.55 Å². The summed E-state index contributed by atoms with van der Waals surface area (Å²) in [4.78, 5) is 35.7. The lowest BCUT2D eigenvalue weighted by molar-refractivity contribution is 0.0693. The van der Waals surface area contributed by atoms with E-state index < -0.39 is 22.8 Å². The van der Waals surface area contributed by atoms with E-state index in [4.69, 9.17) is 5.11 Å². The van der Waals surface area contributed by atoms with Crippen LogP contribution in [0.3, 0.4) is 0 Å². The fourth-order valence-electron chi connectivity index (χ4n) is 1.57. The normalized spacial score (nSPS) is 10.4. The minimum Gasteiger partial charge on any atom is -0.477 e. The summed E-state index contributed by atoms with van der Waals surface area (Å²) in [7, 11) is 0. The summed E-state index contributed by atoms with van der Waals surface area (Å²) in [6.45, 7) is 0.184. The first-order valence-electron chi connectivity index (χ1n) is 5.29. The predicted octanol–water partition coefficient (Wildman–Crippen LogP) is 1.05. The van der Waals surface area contributed by atoms with Crippen molar-refractivity contribution < 1.29 is 9.90 Å². The van der Waals surface area contributed by atoms with Gasteiger partial charge in [-0.15, -0.1) is 0 Å². The number of hydrogen-bond donors (Lipinski definition) is 2. The summed E-state index contributed by atoms with van der Waals surface area (Å²) in [6.07, 6.45) is 1.05. The molecule has 0 unspecified atom stereocenters. The number of aromatic nitrogens is 2. The van der Waals surface area contributed by atoms with Gasteiger partial charge in [-0.05, 0) is 17.7 Å². The number of nitrogens with zero attached hydrogens (tertiary/aromatic N) is 1. The van der Waals surface area contributed by atoms with Crippen LogP contribution < -0.4 is 11.2 Å². The molecular formula is C12H9BrN2O4. The van der Waals surface area contributed by atoms with Gasteiger partial charge in [-0.2, -0.15) is 0 Å². The van der Waals surface area contributed by atoms with Gasteiger partial charge in [-0.25, -0.2) is 9.59 Å². The molecular weight excluding hydrogens is 316 g/mol. The van der Waals surface area contributed by atoms with Crippen LogP contribution in [0.15, 0.2) is 44.5 Å². The van der Waals surface area contributed by atoms with Crippen LogP contribution in [0.2, 0.25) is 0 Å². The van der Waals surface area contributed by atoms with Crippen molar-refractivity contribution in [2.24, 2.45) is 0 Å². The lowest BCUT2D eigenvalue weighted by Crippen LogP contribution is -2.33. The zero-order valence-electron chi connectivity index (χ0n) is 9.59. The first-order valence-corrected chi connectivity index (χ1v) is 6.08. The van der Waals surface area contributed by atoms with Crippen molar-refractivity contribution in [3.8, 4) is 0 Å². The van der Waals surface area contributed by atoms with E-state index >= 15 is 0 Å². The van der Waals surface area contributed by atoms with Crippen LogP contribution in [0.5, 0.6) is 0 Å². The molecule has 0 aliphatic carbocycles. The molecule has 0 fully saturated rings. The van der Waals surface area contributed by atoms with Gasteiger partial charge in [0.15, 0.2) is 0 Å². The summed E-state index contributed by atoms with van der Waals surface area (Å²) in [5, 5.41) is 8.84. The Hall–Kier alpha value is -2.15. The third kappa shape index (κ3) is 3.00. The largest absolute Gasteiger partial charge is 0.477 e. The van der Waals surface area contributed by atoms with Crippen LogP contribution in [0.4, 0.5) is 0 Å². The first-order chi connectivity index (χ1) is 8.97. The van der Waals surface area contributed by atoms with Gasteiger partial charge in [0.2, 0.25) is 0 Å². The van der Waals surface area contributed by atoms with E-state index in [9.17, 15) is 14.4 Å². The number of halogens is 1. The monoisotopic (exact) mass is 324 g/mol. The highest BCUT2D eigenvalue weighted by Gasteiger charge is 2.11. The van der Waals surface area contributed by atoms with Crippen molar-refractivity contribution >= 4 is 21.9 Å². The van der Waals surface area contributed by atoms with Crippen LogP contribution >= 0.6 is 15.9 Å². The Morgan fingerprint density at radius 2 is 1.89 bits per heavy atom. The number of benzene rings is 1. The number of rotatable bonds is 3. The number of carboxylic acids is 1. The number of carboxylic acid groups (broad SMARTS) is 1. The fourth-order valence-corrected chi connectivity index (χ4v) is 1.83. The highest BCUT2D eigenvalue weighted by Crippen LogP contribution is 2.10. The van der Waals surface area contributed by atoms with Gasteiger partial charge in [-0.1, -0.05) is 28.1 Å². The molecule has 0 bridgehead atoms. The Kier molecular flexibility index (Phi) is 3.66. The second kappa shape index (κ2) is 5.23. The number of carbonyl (C=O) groups is 1. The number of H-pyrrole nitrogens is 1. The summed E-state index contributed by atoms with van der Waals surface area (Å²) in [5.74, 6) is -1.37. The first kappa shape index (κ1) is 13.3. The molecule has 0 saturated carbocycles. The predicted molar refractivity (Wildman–Crippen MR) is 71.5 cm³/mol. The molecule has 19 heavy (non-hydrogen) atoms. The number of hydrogen-bond acceptors (Lipinski definition) is 3. The van der Waals surface area contributed by atoms with Crippen molar-refractivity contribution in [3.63, 3.8) is 0 Å². The zero-order valence-corrected chi connectivity index (χ0v) is 11.2. The molecule has 98 valence electrons. The van der Waals surface area contributed by atoms with Gasteiger partial charge in [-0.3, -0.25) is 14.3 Å². The average Bonchev–Trinajstić information content (AvgIpc) is 2.34. The number of aromatic amines is 1. The van der Waals surface area contributed by atoms with Crippen molar-refractivity contribution in [1.29, 1.82) is 0 Å². The summed E-state index contributed by atoms with van der Waals surface area (Å²) in [5.41, 5.74) is -1.19. The molecule has 1 aromatic heterocycles. The highest BCUT2D eigenvalue weighted by atomic mass is 79.9. The Balaban J connectivity index is 2.43. The Morgan fingerprint density at radius 1 is 1.26 bits per heavy atom. The zero-order chi connectivity index (χ0) is 14.0. The topological polar surface area (TPSA) is 92.2 Å². The van der Waals surface area contributed by atoms with Gasteiger partial charge in [0.25, 0.3) is 5.56 Å². The molecule has 2 aromatic rings. The molecule has 1 aromatic carbocycles. The van der Waals surface area contributed by atoms with Gasteiger partial charge in [0, 0.05) is 10.7 Å². The Morgan fingerprint density at radius 3 is 2.47 bits per heavy atom. The van der Waals surface area contributed by atoms with Crippen LogP contribution in [0.25, 0.3) is 0 Å². The smallest absolute Gasteiger partial charge is 0.342 e. The maximum absolute atomic E-state index is 11.6. The molecule has 2 rings (SSSR count). The molecule has 0 saturated heterocycles. The van der Waals surface area contributed by atoms with E-state index in [1.807, 2.05) is 17.1 Å². The minimum atomic E-state index is -1.37. The summed E-state index contributed by atoms with van der Waals surface area (Å²) in [6, 6.07) is 7.21. The standard InChI is InChI=1S/C12H9BrN2O4/c13-8-3-1-7(2-4-8)5-15-6-9(11(17)18)10(16)14-12(15)19/h1-4,6H,5H2,(H,17,18)(H,14,16,19). The third-order valence-electron chi connectivity index (χ3n) is 2.51. The second-order valence-electron chi connectivity index (χ2n) is 3.86. The van der Waals surface area contributed by atoms with Crippen molar-refractivity contribution in [2.75, 3.05) is 0 Å². The third-order valence-corrected chi connectivity index (χ3v) is 3.04. The van der Waals surface area contributed by atoms with E-state index in [1.54, 1.807) is 12.1 Å². The molecule has 7 heteroatoms. The van der Waals surface area contributed by atoms with Crippen LogP contribution in [0, 0.1) is 0 Å². The molecule has 6 nitrogen and oxygen atoms in total. The van der Waals surface area contributed by atoms with E-state index in [1.165, 1.54) is 0 Å². The maximum atomic E-state index is 11.6. The van der Waals surface area contributed by atoms with Crippen molar-refractivity contribution in [2.45, 2.75) is 6.54 Å². The maximum Gasteiger partial charge on any atom is 0.342 e. The van der Waals surface area contributed by atoms with Crippen molar-refractivity contribution in [3.05, 3.63) is 66.9 Å². The van der Waals surface area contributed by atoms with Crippen LogP contribution in [0.1, 0.15) is 15.9 Å². The van der Waals surface area contributed by atoms with E-state index in [2.05, 4.69) is 15.9 Å². The summed E-state index contributed by atoms with van der Waals surface area (Å²) >= 11 is 3.29. The van der Waals surface area contributed by atoms with Gasteiger partial charge < -0.3 is 5.11 Å². The molecule has 1 heterocycles. The molecule has 2 N–H and O–H groups in total. The highest BCUT2D eigenvalue weighted by molar-refractivity contribution is 9.10. The van der Waals surface area contributed by atoms with E-state index in [-0.39, 0.29) is 6.54 Å². The molecule has 0 spiro atoms. The number of nitrogens with one attached hydrogen (secondary N) is 1. The Bertz CT molecular complexity index is 731. The lowest BCUT2D eigenvalue weighted by Gasteiger charge is -2.06. The van der Waals surface area contributed by atoms with Gasteiger partial charge in [0.05, 0.1) is 6.54 Å². The quantitative estimate of drug-likeness (QED) is 0.882. The molecule has 0 amide bonds. The van der Waals surface area contributed by atoms with E-state index in [0.717, 1.165) is 20.8 Å². The molecule has 0 aliphatic rings. The second-order valence-corrected chi connectivity index (χ2v) is 4.78. The average molecular weight is 325 g/mol. The van der Waals surface area contributed by atoms with Crippen LogP contribution in [-0.2, 0) is 6.54 Å². The molecule has 0 atom stereocenters. The van der Waals surface area contributed by atoms with E-state index in [0.29, 0.717) is 0 Å². The van der Waals surface area contributed by atoms with Gasteiger partial charge in [0.1, 0.15) is 5.56 Å². The lowest BCUT2D eigenvalue weighted by atomic mass is 10.2. The minimum absolute atomic E-state index is 0.184. The molecule has 0 radical (unpaired) electrons.